The van der Waals surface area contributed by atoms with Gasteiger partial charge in [0.15, 0.2) is 0 Å². The zero-order valence-corrected chi connectivity index (χ0v) is 14.5. The number of sulfonamides is 1. The molecule has 0 radical (unpaired) electrons. The van der Waals surface area contributed by atoms with Crippen molar-refractivity contribution in [3.8, 4) is 0 Å². The SMILES string of the molecule is Cc1cc(C)c(N(CC(N)=O)S(=O)(=O)c2ccc(F)cc2)c(C)c1. The minimum absolute atomic E-state index is 0.107. The molecule has 0 aromatic heterocycles. The van der Waals surface area contributed by atoms with E-state index in [9.17, 15) is 17.6 Å². The van der Waals surface area contributed by atoms with Crippen LogP contribution in [0, 0.1) is 26.6 Å². The molecule has 0 unspecified atom stereocenters. The van der Waals surface area contributed by atoms with Crippen LogP contribution in [-0.2, 0) is 14.8 Å². The van der Waals surface area contributed by atoms with Crippen molar-refractivity contribution in [2.24, 2.45) is 5.73 Å². The van der Waals surface area contributed by atoms with Crippen molar-refractivity contribution in [3.63, 3.8) is 0 Å². The molecular weight excluding hydrogens is 331 g/mol. The average Bonchev–Trinajstić information content (AvgIpc) is 2.45. The number of carbonyl (C=O) groups excluding carboxylic acids is 1. The molecule has 24 heavy (non-hydrogen) atoms. The predicted molar refractivity (Wildman–Crippen MR) is 90.8 cm³/mol. The van der Waals surface area contributed by atoms with Crippen LogP contribution in [0.15, 0.2) is 41.3 Å². The third kappa shape index (κ3) is 3.56. The first-order valence-corrected chi connectivity index (χ1v) is 8.71. The standard InChI is InChI=1S/C17H19FN2O3S/c1-11-8-12(2)17(13(3)9-11)20(10-16(19)21)24(22,23)15-6-4-14(18)5-7-15/h4-9H,10H2,1-3H3,(H2,19,21). The third-order valence-corrected chi connectivity index (χ3v) is 5.35. The Labute approximate surface area is 141 Å². The molecule has 0 bridgehead atoms. The van der Waals surface area contributed by atoms with E-state index < -0.39 is 28.3 Å². The highest BCUT2D eigenvalue weighted by Crippen LogP contribution is 2.31. The molecule has 0 aliphatic heterocycles. The molecule has 2 rings (SSSR count). The summed E-state index contributed by atoms with van der Waals surface area (Å²) in [7, 11) is -4.06. The fourth-order valence-corrected chi connectivity index (χ4v) is 4.29. The highest BCUT2D eigenvalue weighted by atomic mass is 32.2. The highest BCUT2D eigenvalue weighted by molar-refractivity contribution is 7.92. The number of anilines is 1. The van der Waals surface area contributed by atoms with Gasteiger partial charge < -0.3 is 5.73 Å². The van der Waals surface area contributed by atoms with Gasteiger partial charge in [0, 0.05) is 0 Å². The number of aryl methyl sites for hydroxylation is 3. The number of rotatable bonds is 5. The van der Waals surface area contributed by atoms with Gasteiger partial charge in [0.25, 0.3) is 10.0 Å². The number of carbonyl (C=O) groups is 1. The average molecular weight is 350 g/mol. The van der Waals surface area contributed by atoms with E-state index in [1.54, 1.807) is 13.8 Å². The van der Waals surface area contributed by atoms with Gasteiger partial charge in [0.1, 0.15) is 12.4 Å². The van der Waals surface area contributed by atoms with Gasteiger partial charge in [-0.1, -0.05) is 17.7 Å². The molecular formula is C17H19FN2O3S. The number of nitrogens with zero attached hydrogens (tertiary/aromatic N) is 1. The molecule has 7 heteroatoms. The molecule has 0 heterocycles. The van der Waals surface area contributed by atoms with Crippen molar-refractivity contribution in [3.05, 3.63) is 58.9 Å². The molecule has 2 aromatic rings. The summed E-state index contributed by atoms with van der Waals surface area (Å²) < 4.78 is 40.0. The van der Waals surface area contributed by atoms with Crippen LogP contribution in [0.25, 0.3) is 0 Å². The normalized spacial score (nSPS) is 11.3. The summed E-state index contributed by atoms with van der Waals surface area (Å²) in [6, 6.07) is 8.11. The molecule has 0 fully saturated rings. The summed E-state index contributed by atoms with van der Waals surface area (Å²) in [6.07, 6.45) is 0. The second kappa shape index (κ2) is 6.60. The molecule has 0 spiro atoms. The van der Waals surface area contributed by atoms with Crippen LogP contribution in [0.1, 0.15) is 16.7 Å². The van der Waals surface area contributed by atoms with Gasteiger partial charge in [-0.15, -0.1) is 0 Å². The van der Waals surface area contributed by atoms with Gasteiger partial charge >= 0.3 is 0 Å². The van der Waals surface area contributed by atoms with Crippen molar-refractivity contribution < 1.29 is 17.6 Å². The summed E-state index contributed by atoms with van der Waals surface area (Å²) in [5.41, 5.74) is 8.06. The van der Waals surface area contributed by atoms with E-state index in [-0.39, 0.29) is 4.90 Å². The summed E-state index contributed by atoms with van der Waals surface area (Å²) in [5.74, 6) is -1.32. The molecule has 0 aliphatic carbocycles. The molecule has 0 aliphatic rings. The van der Waals surface area contributed by atoms with Crippen LogP contribution in [0.4, 0.5) is 10.1 Å². The van der Waals surface area contributed by atoms with Crippen LogP contribution < -0.4 is 10.0 Å². The van der Waals surface area contributed by atoms with E-state index in [4.69, 9.17) is 5.73 Å². The third-order valence-electron chi connectivity index (χ3n) is 3.59. The lowest BCUT2D eigenvalue weighted by Crippen LogP contribution is -2.39. The summed E-state index contributed by atoms with van der Waals surface area (Å²) in [5, 5.41) is 0. The largest absolute Gasteiger partial charge is 0.368 e. The molecule has 0 saturated carbocycles. The Bertz CT molecular complexity index is 854. The second-order valence-corrected chi connectivity index (χ2v) is 7.54. The first-order chi connectivity index (χ1) is 11.1. The lowest BCUT2D eigenvalue weighted by Gasteiger charge is -2.27. The maximum absolute atomic E-state index is 13.1. The fraction of sp³-hybridized carbons (Fsp3) is 0.235. The number of hydrogen-bond acceptors (Lipinski definition) is 3. The van der Waals surface area contributed by atoms with Crippen molar-refractivity contribution >= 4 is 21.6 Å². The fourth-order valence-electron chi connectivity index (χ4n) is 2.73. The van der Waals surface area contributed by atoms with Crippen molar-refractivity contribution in [2.75, 3.05) is 10.8 Å². The number of benzene rings is 2. The van der Waals surface area contributed by atoms with E-state index in [1.165, 1.54) is 0 Å². The lowest BCUT2D eigenvalue weighted by molar-refractivity contribution is -0.116. The maximum atomic E-state index is 13.1. The Morgan fingerprint density at radius 1 is 1.08 bits per heavy atom. The lowest BCUT2D eigenvalue weighted by atomic mass is 10.1. The quantitative estimate of drug-likeness (QED) is 0.899. The van der Waals surface area contributed by atoms with Crippen LogP contribution in [0.3, 0.4) is 0 Å². The van der Waals surface area contributed by atoms with Gasteiger partial charge in [-0.2, -0.15) is 0 Å². The molecule has 5 nitrogen and oxygen atoms in total. The molecule has 0 saturated heterocycles. The minimum atomic E-state index is -4.06. The molecule has 2 N–H and O–H groups in total. The molecule has 128 valence electrons. The van der Waals surface area contributed by atoms with E-state index in [1.807, 2.05) is 19.1 Å². The zero-order chi connectivity index (χ0) is 18.1. The Balaban J connectivity index is 2.65. The number of primary amides is 1. The first-order valence-electron chi connectivity index (χ1n) is 7.27. The number of nitrogens with two attached hydrogens (primary N) is 1. The van der Waals surface area contributed by atoms with Crippen LogP contribution >= 0.6 is 0 Å². The Morgan fingerprint density at radius 2 is 1.58 bits per heavy atom. The highest BCUT2D eigenvalue weighted by Gasteiger charge is 2.28. The van der Waals surface area contributed by atoms with Crippen molar-refractivity contribution in [1.29, 1.82) is 0 Å². The number of hydrogen-bond donors (Lipinski definition) is 1. The number of halogens is 1. The predicted octanol–water partition coefficient (Wildman–Crippen LogP) is 2.43. The van der Waals surface area contributed by atoms with Gasteiger partial charge in [-0.25, -0.2) is 12.8 Å². The van der Waals surface area contributed by atoms with E-state index in [2.05, 4.69) is 0 Å². The molecule has 1 amide bonds. The van der Waals surface area contributed by atoms with E-state index in [0.717, 1.165) is 34.1 Å². The Morgan fingerprint density at radius 3 is 2.04 bits per heavy atom. The zero-order valence-electron chi connectivity index (χ0n) is 13.7. The first kappa shape index (κ1) is 17.9. The minimum Gasteiger partial charge on any atom is -0.368 e. The maximum Gasteiger partial charge on any atom is 0.264 e. The summed E-state index contributed by atoms with van der Waals surface area (Å²) >= 11 is 0. The number of amides is 1. The van der Waals surface area contributed by atoms with Crippen LogP contribution in [0.2, 0.25) is 0 Å². The van der Waals surface area contributed by atoms with Gasteiger partial charge in [0.05, 0.1) is 10.6 Å². The van der Waals surface area contributed by atoms with Crippen LogP contribution in [0.5, 0.6) is 0 Å². The van der Waals surface area contributed by atoms with Gasteiger partial charge in [0.2, 0.25) is 5.91 Å². The molecule has 0 atom stereocenters. The van der Waals surface area contributed by atoms with Gasteiger partial charge in [-0.3, -0.25) is 9.10 Å². The Kier molecular flexibility index (Phi) is 4.94. The topological polar surface area (TPSA) is 80.5 Å². The van der Waals surface area contributed by atoms with Gasteiger partial charge in [-0.05, 0) is 56.2 Å². The van der Waals surface area contributed by atoms with Crippen LogP contribution in [-0.4, -0.2) is 20.9 Å². The summed E-state index contributed by atoms with van der Waals surface area (Å²) in [4.78, 5) is 11.4. The summed E-state index contributed by atoms with van der Waals surface area (Å²) in [6.45, 7) is 4.94. The second-order valence-electron chi connectivity index (χ2n) is 5.68. The van der Waals surface area contributed by atoms with E-state index >= 15 is 0 Å². The smallest absolute Gasteiger partial charge is 0.264 e. The van der Waals surface area contributed by atoms with E-state index in [0.29, 0.717) is 16.8 Å². The van der Waals surface area contributed by atoms with Crippen molar-refractivity contribution in [2.45, 2.75) is 25.7 Å². The molecule has 2 aromatic carbocycles. The monoisotopic (exact) mass is 350 g/mol. The Hall–Kier alpha value is -2.41. The van der Waals surface area contributed by atoms with Crippen molar-refractivity contribution in [1.82, 2.24) is 0 Å².